The molecule has 0 bridgehead atoms. The van der Waals surface area contributed by atoms with Gasteiger partial charge < -0.3 is 9.47 Å². The van der Waals surface area contributed by atoms with Crippen LogP contribution in [-0.4, -0.2) is 26.5 Å². The van der Waals surface area contributed by atoms with E-state index in [1.54, 1.807) is 24.3 Å². The molecule has 0 saturated heterocycles. The van der Waals surface area contributed by atoms with Gasteiger partial charge in [0.2, 0.25) is 0 Å². The third-order valence-electron chi connectivity index (χ3n) is 2.52. The third kappa shape index (κ3) is 3.93. The molecule has 17 heavy (non-hydrogen) atoms. The standard InChI is InChI=1S/C12H15F3O2/c1-16-10-6-4-3-5-9(10)7-8-11(17-2)12(13,14)15/h3-6,11H,7-8H2,1-2H3. The van der Waals surface area contributed by atoms with Crippen LogP contribution >= 0.6 is 0 Å². The number of rotatable bonds is 5. The summed E-state index contributed by atoms with van der Waals surface area (Å²) in [6.07, 6.45) is -5.90. The second-order valence-corrected chi connectivity index (χ2v) is 3.62. The molecular formula is C12H15F3O2. The van der Waals surface area contributed by atoms with Crippen molar-refractivity contribution in [2.24, 2.45) is 0 Å². The summed E-state index contributed by atoms with van der Waals surface area (Å²) in [6, 6.07) is 7.03. The fourth-order valence-electron chi connectivity index (χ4n) is 1.61. The van der Waals surface area contributed by atoms with Crippen LogP contribution in [-0.2, 0) is 11.2 Å². The average molecular weight is 248 g/mol. The van der Waals surface area contributed by atoms with Crippen LogP contribution < -0.4 is 4.74 Å². The van der Waals surface area contributed by atoms with Gasteiger partial charge in [0.25, 0.3) is 0 Å². The van der Waals surface area contributed by atoms with Crippen LogP contribution in [0.3, 0.4) is 0 Å². The lowest BCUT2D eigenvalue weighted by atomic mass is 10.1. The molecule has 1 atom stereocenters. The highest BCUT2D eigenvalue weighted by Crippen LogP contribution is 2.27. The summed E-state index contributed by atoms with van der Waals surface area (Å²) in [5.74, 6) is 0.601. The molecule has 0 aliphatic rings. The molecule has 96 valence electrons. The van der Waals surface area contributed by atoms with Gasteiger partial charge in [-0.1, -0.05) is 18.2 Å². The highest BCUT2D eigenvalue weighted by Gasteiger charge is 2.39. The van der Waals surface area contributed by atoms with Crippen LogP contribution in [0.15, 0.2) is 24.3 Å². The zero-order valence-electron chi connectivity index (χ0n) is 9.75. The first kappa shape index (κ1) is 13.8. The Morgan fingerprint density at radius 3 is 2.35 bits per heavy atom. The second-order valence-electron chi connectivity index (χ2n) is 3.62. The van der Waals surface area contributed by atoms with Gasteiger partial charge in [0.05, 0.1) is 7.11 Å². The Bertz CT molecular complexity index is 350. The van der Waals surface area contributed by atoms with Crippen molar-refractivity contribution in [3.63, 3.8) is 0 Å². The van der Waals surface area contributed by atoms with E-state index in [0.717, 1.165) is 12.7 Å². The average Bonchev–Trinajstić information content (AvgIpc) is 2.28. The summed E-state index contributed by atoms with van der Waals surface area (Å²) < 4.78 is 46.9. The van der Waals surface area contributed by atoms with Crippen molar-refractivity contribution in [3.8, 4) is 5.75 Å². The molecule has 0 amide bonds. The van der Waals surface area contributed by atoms with E-state index in [1.165, 1.54) is 7.11 Å². The quantitative estimate of drug-likeness (QED) is 0.796. The number of aryl methyl sites for hydroxylation is 1. The molecule has 0 aromatic heterocycles. The molecule has 0 fully saturated rings. The number of benzene rings is 1. The Morgan fingerprint density at radius 1 is 1.18 bits per heavy atom. The summed E-state index contributed by atoms with van der Waals surface area (Å²) in [6.45, 7) is 0. The minimum absolute atomic E-state index is 0.111. The van der Waals surface area contributed by atoms with E-state index in [-0.39, 0.29) is 12.8 Å². The lowest BCUT2D eigenvalue weighted by Crippen LogP contribution is -2.31. The minimum Gasteiger partial charge on any atom is -0.496 e. The first-order chi connectivity index (χ1) is 7.99. The smallest absolute Gasteiger partial charge is 0.414 e. The number of para-hydroxylation sites is 1. The van der Waals surface area contributed by atoms with Crippen LogP contribution in [0, 0.1) is 0 Å². The van der Waals surface area contributed by atoms with E-state index in [2.05, 4.69) is 4.74 Å². The van der Waals surface area contributed by atoms with Gasteiger partial charge in [0, 0.05) is 7.11 Å². The number of halogens is 3. The van der Waals surface area contributed by atoms with Crippen LogP contribution in [0.4, 0.5) is 13.2 Å². The summed E-state index contributed by atoms with van der Waals surface area (Å²) in [7, 11) is 2.57. The maximum atomic E-state index is 12.4. The summed E-state index contributed by atoms with van der Waals surface area (Å²) >= 11 is 0. The maximum Gasteiger partial charge on any atom is 0.414 e. The first-order valence-electron chi connectivity index (χ1n) is 5.20. The largest absolute Gasteiger partial charge is 0.496 e. The van der Waals surface area contributed by atoms with E-state index in [4.69, 9.17) is 4.74 Å². The van der Waals surface area contributed by atoms with E-state index >= 15 is 0 Å². The first-order valence-corrected chi connectivity index (χ1v) is 5.20. The second kappa shape index (κ2) is 5.91. The van der Waals surface area contributed by atoms with Crippen LogP contribution in [0.5, 0.6) is 5.75 Å². The summed E-state index contributed by atoms with van der Waals surface area (Å²) in [4.78, 5) is 0. The van der Waals surface area contributed by atoms with E-state index in [0.29, 0.717) is 5.75 Å². The molecule has 2 nitrogen and oxygen atoms in total. The van der Waals surface area contributed by atoms with Crippen molar-refractivity contribution in [2.45, 2.75) is 25.1 Å². The van der Waals surface area contributed by atoms with Crippen molar-refractivity contribution in [1.29, 1.82) is 0 Å². The molecule has 0 saturated carbocycles. The summed E-state index contributed by atoms with van der Waals surface area (Å²) in [5, 5.41) is 0. The molecule has 5 heteroatoms. The molecule has 0 spiro atoms. The van der Waals surface area contributed by atoms with E-state index in [9.17, 15) is 13.2 Å². The Hall–Kier alpha value is -1.23. The number of methoxy groups -OCH3 is 2. The molecule has 1 aromatic rings. The van der Waals surface area contributed by atoms with Gasteiger partial charge in [-0.05, 0) is 24.5 Å². The predicted octanol–water partition coefficient (Wildman–Crippen LogP) is 3.21. The van der Waals surface area contributed by atoms with Crippen LogP contribution in [0.1, 0.15) is 12.0 Å². The predicted molar refractivity (Wildman–Crippen MR) is 58.2 cm³/mol. The topological polar surface area (TPSA) is 18.5 Å². The van der Waals surface area contributed by atoms with Crippen molar-refractivity contribution >= 4 is 0 Å². The highest BCUT2D eigenvalue weighted by atomic mass is 19.4. The zero-order valence-corrected chi connectivity index (χ0v) is 9.75. The van der Waals surface area contributed by atoms with E-state index < -0.39 is 12.3 Å². The van der Waals surface area contributed by atoms with Gasteiger partial charge in [-0.3, -0.25) is 0 Å². The van der Waals surface area contributed by atoms with Gasteiger partial charge in [0.15, 0.2) is 6.10 Å². The van der Waals surface area contributed by atoms with Crippen LogP contribution in [0.25, 0.3) is 0 Å². The zero-order chi connectivity index (χ0) is 12.9. The molecule has 0 heterocycles. The lowest BCUT2D eigenvalue weighted by Gasteiger charge is -2.19. The molecule has 0 radical (unpaired) electrons. The molecular weight excluding hydrogens is 233 g/mol. The Kier molecular flexibility index (Phi) is 4.81. The minimum atomic E-state index is -4.32. The van der Waals surface area contributed by atoms with Gasteiger partial charge >= 0.3 is 6.18 Å². The molecule has 0 aliphatic carbocycles. The molecule has 1 unspecified atom stereocenters. The number of hydrogen-bond donors (Lipinski definition) is 0. The monoisotopic (exact) mass is 248 g/mol. The fraction of sp³-hybridized carbons (Fsp3) is 0.500. The van der Waals surface area contributed by atoms with E-state index in [1.807, 2.05) is 0 Å². The molecule has 1 aromatic carbocycles. The van der Waals surface area contributed by atoms with Gasteiger partial charge in [-0.2, -0.15) is 13.2 Å². The molecule has 0 aliphatic heterocycles. The van der Waals surface area contributed by atoms with Crippen molar-refractivity contribution < 1.29 is 22.6 Å². The summed E-state index contributed by atoms with van der Waals surface area (Å²) in [5.41, 5.74) is 0.751. The Morgan fingerprint density at radius 2 is 1.82 bits per heavy atom. The third-order valence-corrected chi connectivity index (χ3v) is 2.52. The highest BCUT2D eigenvalue weighted by molar-refractivity contribution is 5.33. The number of ether oxygens (including phenoxy) is 2. The van der Waals surface area contributed by atoms with Gasteiger partial charge in [0.1, 0.15) is 5.75 Å². The van der Waals surface area contributed by atoms with Gasteiger partial charge in [-0.15, -0.1) is 0 Å². The van der Waals surface area contributed by atoms with Crippen LogP contribution in [0.2, 0.25) is 0 Å². The van der Waals surface area contributed by atoms with Crippen molar-refractivity contribution in [2.75, 3.05) is 14.2 Å². The Balaban J connectivity index is 2.66. The SMILES string of the molecule is COc1ccccc1CCC(OC)C(F)(F)F. The van der Waals surface area contributed by atoms with Crippen molar-refractivity contribution in [3.05, 3.63) is 29.8 Å². The normalized spacial score (nSPS) is 13.5. The maximum absolute atomic E-state index is 12.4. The fourth-order valence-corrected chi connectivity index (χ4v) is 1.61. The van der Waals surface area contributed by atoms with Crippen molar-refractivity contribution in [1.82, 2.24) is 0 Å². The number of alkyl halides is 3. The molecule has 0 N–H and O–H groups in total. The van der Waals surface area contributed by atoms with Gasteiger partial charge in [-0.25, -0.2) is 0 Å². The Labute approximate surface area is 98.3 Å². The molecule has 1 rings (SSSR count). The lowest BCUT2D eigenvalue weighted by molar-refractivity contribution is -0.214. The number of hydrogen-bond acceptors (Lipinski definition) is 2.